The lowest BCUT2D eigenvalue weighted by Gasteiger charge is -2.27. The first-order chi connectivity index (χ1) is 19.8. The molecule has 11 heteroatoms. The number of pyridine rings is 2. The fourth-order valence-electron chi connectivity index (χ4n) is 4.59. The van der Waals surface area contributed by atoms with Crippen molar-refractivity contribution in [2.75, 3.05) is 6.61 Å². The Kier molecular flexibility index (Phi) is 7.10. The normalized spacial score (nSPS) is 14.7. The highest BCUT2D eigenvalue weighted by Gasteiger charge is 2.24. The van der Waals surface area contributed by atoms with Crippen LogP contribution in [-0.2, 0) is 24.3 Å². The van der Waals surface area contributed by atoms with Crippen LogP contribution >= 0.6 is 0 Å². The summed E-state index contributed by atoms with van der Waals surface area (Å²) in [4.78, 5) is 24.8. The molecule has 208 valence electrons. The lowest BCUT2D eigenvalue weighted by molar-refractivity contribution is -0.0590. The predicted octanol–water partition coefficient (Wildman–Crippen LogP) is 5.57. The molecule has 6 rings (SSSR count). The number of carboxylic acids is 1. The van der Waals surface area contributed by atoms with Crippen molar-refractivity contribution in [3.63, 3.8) is 0 Å². The Morgan fingerprint density at radius 2 is 1.78 bits per heavy atom. The van der Waals surface area contributed by atoms with Crippen LogP contribution in [0.15, 0.2) is 66.7 Å². The van der Waals surface area contributed by atoms with Crippen molar-refractivity contribution in [3.8, 4) is 17.1 Å². The Balaban J connectivity index is 1.24. The van der Waals surface area contributed by atoms with Crippen LogP contribution < -0.4 is 4.74 Å². The Morgan fingerprint density at radius 1 is 0.976 bits per heavy atom. The molecule has 1 fully saturated rings. The monoisotopic (exact) mass is 560 g/mol. The second-order valence-corrected chi connectivity index (χ2v) is 9.63. The van der Waals surface area contributed by atoms with Crippen LogP contribution in [0.25, 0.3) is 22.4 Å². The number of carboxylic acid groups (broad SMARTS) is 1. The summed E-state index contributed by atoms with van der Waals surface area (Å²) >= 11 is 0. The van der Waals surface area contributed by atoms with Gasteiger partial charge in [-0.2, -0.15) is 0 Å². The number of halogens is 3. The van der Waals surface area contributed by atoms with E-state index in [9.17, 15) is 18.7 Å². The van der Waals surface area contributed by atoms with Crippen molar-refractivity contribution < 1.29 is 32.5 Å². The first-order valence-electron chi connectivity index (χ1n) is 12.9. The summed E-state index contributed by atoms with van der Waals surface area (Å²) in [5.41, 5.74) is 2.35. The molecule has 1 aliphatic rings. The molecular weight excluding hydrogens is 537 g/mol. The maximum Gasteiger partial charge on any atom is 0.354 e. The largest absolute Gasteiger partial charge is 0.477 e. The number of aromatic nitrogens is 4. The Hall–Kier alpha value is -4.77. The molecule has 0 radical (unpaired) electrons. The van der Waals surface area contributed by atoms with Crippen LogP contribution in [-0.4, -0.2) is 43.3 Å². The van der Waals surface area contributed by atoms with Crippen molar-refractivity contribution in [2.24, 2.45) is 0 Å². The molecular formula is C30H23F3N4O4. The minimum atomic E-state index is -1.14. The molecule has 0 aliphatic carbocycles. The van der Waals surface area contributed by atoms with Gasteiger partial charge in [-0.3, -0.25) is 0 Å². The first-order valence-corrected chi connectivity index (χ1v) is 12.9. The molecule has 0 saturated carbocycles. The summed E-state index contributed by atoms with van der Waals surface area (Å²) < 4.78 is 55.4. The van der Waals surface area contributed by atoms with Crippen LogP contribution in [0.2, 0.25) is 0 Å². The SMILES string of the molecule is O=C(O)c1ccc2nc(Cc3ccc(-c4cccc(OCc5ccc(F)cc5F)n4)cc3F)n(CC3CCO3)c2n1. The summed E-state index contributed by atoms with van der Waals surface area (Å²) in [6.07, 6.45) is 0.959. The van der Waals surface area contributed by atoms with Gasteiger partial charge >= 0.3 is 5.97 Å². The minimum absolute atomic E-state index is 0.0474. The quantitative estimate of drug-likeness (QED) is 0.252. The molecule has 1 unspecified atom stereocenters. The van der Waals surface area contributed by atoms with E-state index in [-0.39, 0.29) is 36.3 Å². The van der Waals surface area contributed by atoms with E-state index in [2.05, 4.69) is 15.0 Å². The zero-order valence-electron chi connectivity index (χ0n) is 21.6. The van der Waals surface area contributed by atoms with Gasteiger partial charge in [0.1, 0.15) is 35.4 Å². The molecule has 3 aromatic heterocycles. The Morgan fingerprint density at radius 3 is 2.51 bits per heavy atom. The van der Waals surface area contributed by atoms with E-state index in [1.54, 1.807) is 41.0 Å². The van der Waals surface area contributed by atoms with Gasteiger partial charge < -0.3 is 19.1 Å². The van der Waals surface area contributed by atoms with Gasteiger partial charge in [-0.1, -0.05) is 18.2 Å². The number of ether oxygens (including phenoxy) is 2. The second kappa shape index (κ2) is 11.0. The zero-order valence-corrected chi connectivity index (χ0v) is 21.6. The molecule has 0 amide bonds. The Bertz CT molecular complexity index is 1770. The molecule has 2 aromatic carbocycles. The molecule has 0 spiro atoms. The van der Waals surface area contributed by atoms with Crippen LogP contribution in [0.3, 0.4) is 0 Å². The van der Waals surface area contributed by atoms with Gasteiger partial charge in [0.05, 0.1) is 18.3 Å². The lowest BCUT2D eigenvalue weighted by Crippen LogP contribution is -2.32. The number of aromatic carboxylic acids is 1. The maximum atomic E-state index is 15.4. The fraction of sp³-hybridized carbons (Fsp3) is 0.200. The standard InChI is InChI=1S/C30H23F3N4O4/c31-20-7-6-19(23(33)14-20)16-41-28-3-1-2-24(35-28)18-5-4-17(22(32)12-18)13-27-34-25-8-9-26(30(38)39)36-29(25)37(27)15-21-10-11-40-21/h1-9,12,14,21H,10-11,13,15-16H2,(H,38,39). The number of hydrogen-bond acceptors (Lipinski definition) is 6. The van der Waals surface area contributed by atoms with Gasteiger partial charge in [0.15, 0.2) is 11.3 Å². The van der Waals surface area contributed by atoms with Crippen molar-refractivity contribution >= 4 is 17.1 Å². The smallest absolute Gasteiger partial charge is 0.354 e. The third kappa shape index (κ3) is 5.62. The van der Waals surface area contributed by atoms with Crippen molar-refractivity contribution in [2.45, 2.75) is 32.1 Å². The Labute approximate surface area is 232 Å². The fourth-order valence-corrected chi connectivity index (χ4v) is 4.59. The average molecular weight is 561 g/mol. The van der Waals surface area contributed by atoms with Crippen molar-refractivity contribution in [1.82, 2.24) is 19.5 Å². The van der Waals surface area contributed by atoms with Crippen LogP contribution in [0.4, 0.5) is 13.2 Å². The van der Waals surface area contributed by atoms with Gasteiger partial charge in [-0.05, 0) is 48.4 Å². The summed E-state index contributed by atoms with van der Waals surface area (Å²) in [5.74, 6) is -2.26. The number of rotatable bonds is 9. The first kappa shape index (κ1) is 26.5. The van der Waals surface area contributed by atoms with E-state index < -0.39 is 23.4 Å². The highest BCUT2D eigenvalue weighted by Crippen LogP contribution is 2.26. The molecule has 1 aliphatic heterocycles. The van der Waals surface area contributed by atoms with Crippen LogP contribution in [0.1, 0.15) is 33.9 Å². The molecule has 1 atom stereocenters. The summed E-state index contributed by atoms with van der Waals surface area (Å²) in [6.45, 7) is 0.936. The molecule has 1 N–H and O–H groups in total. The summed E-state index contributed by atoms with van der Waals surface area (Å²) in [6, 6.07) is 15.9. The third-order valence-electron chi connectivity index (χ3n) is 6.88. The van der Waals surface area contributed by atoms with Gasteiger partial charge in [0.25, 0.3) is 0 Å². The average Bonchev–Trinajstić information content (AvgIpc) is 3.27. The van der Waals surface area contributed by atoms with E-state index in [1.165, 1.54) is 18.2 Å². The highest BCUT2D eigenvalue weighted by molar-refractivity contribution is 5.88. The van der Waals surface area contributed by atoms with Crippen molar-refractivity contribution in [3.05, 3.63) is 107 Å². The number of nitrogens with zero attached hydrogens (tertiary/aromatic N) is 4. The number of benzene rings is 2. The third-order valence-corrected chi connectivity index (χ3v) is 6.88. The maximum absolute atomic E-state index is 15.4. The highest BCUT2D eigenvalue weighted by atomic mass is 19.1. The van der Waals surface area contributed by atoms with Crippen LogP contribution in [0, 0.1) is 17.5 Å². The number of carbonyl (C=O) groups is 1. The van der Waals surface area contributed by atoms with E-state index in [0.29, 0.717) is 47.0 Å². The minimum Gasteiger partial charge on any atom is -0.477 e. The lowest BCUT2D eigenvalue weighted by atomic mass is 10.1. The van der Waals surface area contributed by atoms with Crippen molar-refractivity contribution in [1.29, 1.82) is 0 Å². The molecule has 1 saturated heterocycles. The number of hydrogen-bond donors (Lipinski definition) is 1. The molecule has 41 heavy (non-hydrogen) atoms. The predicted molar refractivity (Wildman–Crippen MR) is 142 cm³/mol. The molecule has 4 heterocycles. The van der Waals surface area contributed by atoms with Crippen LogP contribution in [0.5, 0.6) is 5.88 Å². The van der Waals surface area contributed by atoms with Gasteiger partial charge in [0.2, 0.25) is 5.88 Å². The molecule has 8 nitrogen and oxygen atoms in total. The van der Waals surface area contributed by atoms with E-state index in [4.69, 9.17) is 9.47 Å². The van der Waals surface area contributed by atoms with Gasteiger partial charge in [-0.25, -0.2) is 32.9 Å². The molecule has 5 aromatic rings. The molecule has 0 bridgehead atoms. The van der Waals surface area contributed by atoms with Gasteiger partial charge in [-0.15, -0.1) is 0 Å². The van der Waals surface area contributed by atoms with Gasteiger partial charge in [0, 0.05) is 36.3 Å². The number of fused-ring (bicyclic) bond motifs is 1. The second-order valence-electron chi connectivity index (χ2n) is 9.63. The van der Waals surface area contributed by atoms with E-state index in [0.717, 1.165) is 18.6 Å². The zero-order chi connectivity index (χ0) is 28.5. The summed E-state index contributed by atoms with van der Waals surface area (Å²) in [5, 5.41) is 9.39. The summed E-state index contributed by atoms with van der Waals surface area (Å²) in [7, 11) is 0. The topological polar surface area (TPSA) is 99.4 Å². The number of imidazole rings is 1. The van der Waals surface area contributed by atoms with E-state index in [1.807, 2.05) is 0 Å². The van der Waals surface area contributed by atoms with E-state index >= 15 is 4.39 Å².